The van der Waals surface area contributed by atoms with Crippen molar-refractivity contribution in [3.8, 4) is 0 Å². The van der Waals surface area contributed by atoms with Crippen LogP contribution in [0.4, 0.5) is 4.79 Å². The zero-order valence-corrected chi connectivity index (χ0v) is 48.4. The Kier molecular flexibility index (Phi) is 56.1. The summed E-state index contributed by atoms with van der Waals surface area (Å²) in [6, 6.07) is 18.0. The molecule has 4 N–H and O–H groups in total. The van der Waals surface area contributed by atoms with E-state index in [2.05, 4.69) is 24.5 Å². The minimum atomic E-state index is -0.950. The van der Waals surface area contributed by atoms with Crippen molar-refractivity contribution in [2.75, 3.05) is 27.3 Å². The molecule has 4 amide bonds. The van der Waals surface area contributed by atoms with E-state index in [0.29, 0.717) is 25.8 Å². The number of aliphatic carboxylic acids is 2. The van der Waals surface area contributed by atoms with Gasteiger partial charge in [0.05, 0.1) is 26.1 Å². The molecular formula is C63H114N4O15. The van der Waals surface area contributed by atoms with Gasteiger partial charge in [-0.2, -0.15) is 0 Å². The van der Waals surface area contributed by atoms with Crippen molar-refractivity contribution in [3.05, 3.63) is 81.9 Å². The second kappa shape index (κ2) is 51.5. The lowest BCUT2D eigenvalue weighted by molar-refractivity contribution is -0.481. The van der Waals surface area contributed by atoms with Gasteiger partial charge in [-0.05, 0) is 89.7 Å². The van der Waals surface area contributed by atoms with E-state index in [9.17, 15) is 48.5 Å². The zero-order chi connectivity index (χ0) is 59.1. The van der Waals surface area contributed by atoms with Crippen LogP contribution in [0.5, 0.6) is 0 Å². The summed E-state index contributed by atoms with van der Waals surface area (Å²) in [7, 11) is 2.69. The first kappa shape index (κ1) is 89.4. The predicted molar refractivity (Wildman–Crippen MR) is 330 cm³/mol. The first-order chi connectivity index (χ1) is 36.4. The second-order valence-electron chi connectivity index (χ2n) is 19.7. The van der Waals surface area contributed by atoms with Crippen LogP contribution in [-0.2, 0) is 60.6 Å². The third kappa shape index (κ3) is 39.1. The van der Waals surface area contributed by atoms with Crippen LogP contribution in [0, 0.1) is 39.7 Å². The molecule has 2 aromatic rings. The number of carbonyl (C=O) groups excluding carboxylic acids is 6. The van der Waals surface area contributed by atoms with Gasteiger partial charge in [-0.15, -0.1) is 0 Å². The van der Waals surface area contributed by atoms with Crippen molar-refractivity contribution in [1.29, 1.82) is 0 Å². The number of esters is 2. The van der Waals surface area contributed by atoms with E-state index in [1.165, 1.54) is 19.1 Å². The molecule has 476 valence electrons. The van der Waals surface area contributed by atoms with Gasteiger partial charge in [0.25, 0.3) is 0 Å². The normalized spacial score (nSPS) is 13.9. The highest BCUT2D eigenvalue weighted by Crippen LogP contribution is 2.23. The van der Waals surface area contributed by atoms with E-state index in [4.69, 9.17) is 24.4 Å². The van der Waals surface area contributed by atoms with Gasteiger partial charge in [-0.3, -0.25) is 34.1 Å². The molecule has 19 heteroatoms. The van der Waals surface area contributed by atoms with Gasteiger partial charge in [-0.25, -0.2) is 19.3 Å². The number of carboxylic acid groups (broad SMARTS) is 2. The van der Waals surface area contributed by atoms with Crippen molar-refractivity contribution in [3.63, 3.8) is 0 Å². The maximum Gasteiger partial charge on any atom is 0.417 e. The Labute approximate surface area is 495 Å². The molecule has 1 aliphatic rings. The maximum atomic E-state index is 12.3. The molecule has 1 fully saturated rings. The van der Waals surface area contributed by atoms with Crippen molar-refractivity contribution in [2.24, 2.45) is 29.6 Å². The van der Waals surface area contributed by atoms with Crippen molar-refractivity contribution in [2.45, 2.75) is 227 Å². The second-order valence-corrected chi connectivity index (χ2v) is 19.7. The summed E-state index contributed by atoms with van der Waals surface area (Å²) in [6.07, 6.45) is 10.2. The van der Waals surface area contributed by atoms with Gasteiger partial charge in [-0.1, -0.05) is 172 Å². The molecular weight excluding hydrogens is 1050 g/mol. The average Bonchev–Trinajstić information content (AvgIpc) is 3.78. The highest BCUT2D eigenvalue weighted by Gasteiger charge is 2.37. The number of nitrogens with zero attached hydrogens (tertiary/aromatic N) is 2. The van der Waals surface area contributed by atoms with Crippen LogP contribution in [0.1, 0.15) is 208 Å². The van der Waals surface area contributed by atoms with Crippen LogP contribution < -0.4 is 10.6 Å². The zero-order valence-electron chi connectivity index (χ0n) is 48.4. The number of rotatable bonds is 26. The van der Waals surface area contributed by atoms with E-state index in [1.807, 2.05) is 95.3 Å². The molecule has 0 radical (unpaired) electrons. The number of hydrogen-bond donors (Lipinski definition) is 4. The number of amides is 4. The Morgan fingerprint density at radius 1 is 0.610 bits per heavy atom. The summed E-state index contributed by atoms with van der Waals surface area (Å²) in [6.45, 7) is 21.3. The summed E-state index contributed by atoms with van der Waals surface area (Å²) in [5.74, 6) is -3.40. The largest absolute Gasteiger partial charge is 0.481 e. The molecule has 3 rings (SSSR count). The van der Waals surface area contributed by atoms with Crippen molar-refractivity contribution in [1.82, 2.24) is 15.5 Å². The molecule has 0 aliphatic carbocycles. The maximum absolute atomic E-state index is 12.3. The molecule has 0 aromatic heterocycles. The molecule has 0 saturated carbocycles. The number of benzene rings is 2. The number of carbonyl (C=O) groups is 8. The predicted octanol–water partition coefficient (Wildman–Crippen LogP) is 13.4. The number of methoxy groups -OCH3 is 2. The Morgan fingerprint density at radius 2 is 0.951 bits per heavy atom. The van der Waals surface area contributed by atoms with Crippen LogP contribution in [0.3, 0.4) is 0 Å². The molecule has 7 atom stereocenters. The Balaban J connectivity index is -0.000000174. The van der Waals surface area contributed by atoms with Crippen LogP contribution >= 0.6 is 0 Å². The SMILES string of the molecule is C.C.C.C.C.CCC[C@@H](CC)C(=O)N[C@@H](Cc1ccccc1)C(=O)OC.CCC[C@@H](CC)C(=O)N[C@@H](Cc1ccccc1)C(=O)OC.CCC[C@@H](CC)C(=O)O.CC[C@@H]1CCN(C(=O)OC(C)(C)C)C1=O.CC[C@H](CC[N+](=O)[O-])C(=O)O. The molecule has 82 heavy (non-hydrogen) atoms. The van der Waals surface area contributed by atoms with Gasteiger partial charge < -0.3 is 35.1 Å². The van der Waals surface area contributed by atoms with Crippen LogP contribution in [0.15, 0.2) is 60.7 Å². The Hall–Kier alpha value is -6.40. The molecule has 0 unspecified atom stereocenters. The van der Waals surface area contributed by atoms with Gasteiger partial charge in [0.1, 0.15) is 17.7 Å². The van der Waals surface area contributed by atoms with Crippen LogP contribution in [-0.4, -0.2) is 113 Å². The molecule has 1 aliphatic heterocycles. The minimum absolute atomic E-state index is 0. The van der Waals surface area contributed by atoms with Crippen molar-refractivity contribution >= 4 is 47.7 Å². The first-order valence-electron chi connectivity index (χ1n) is 27.3. The third-order valence-corrected chi connectivity index (χ3v) is 12.6. The molecule has 0 spiro atoms. The fraction of sp³-hybridized carbons (Fsp3) is 0.683. The van der Waals surface area contributed by atoms with Gasteiger partial charge in [0.2, 0.25) is 24.3 Å². The fourth-order valence-corrected chi connectivity index (χ4v) is 7.92. The highest BCUT2D eigenvalue weighted by molar-refractivity contribution is 5.95. The van der Waals surface area contributed by atoms with Crippen LogP contribution in [0.25, 0.3) is 0 Å². The Morgan fingerprint density at radius 3 is 1.21 bits per heavy atom. The monoisotopic (exact) mass is 1170 g/mol. The van der Waals surface area contributed by atoms with E-state index < -0.39 is 58.5 Å². The topological polar surface area (TPSA) is 275 Å². The Bertz CT molecular complexity index is 1950. The molecule has 19 nitrogen and oxygen atoms in total. The number of likely N-dealkylation sites (tertiary alicyclic amines) is 1. The third-order valence-electron chi connectivity index (χ3n) is 12.6. The minimum Gasteiger partial charge on any atom is -0.481 e. The number of imide groups is 1. The number of nitro groups is 1. The summed E-state index contributed by atoms with van der Waals surface area (Å²) < 4.78 is 14.8. The number of ether oxygens (including phenoxy) is 3. The van der Waals surface area contributed by atoms with Gasteiger partial charge in [0, 0.05) is 48.5 Å². The van der Waals surface area contributed by atoms with E-state index in [0.717, 1.165) is 81.8 Å². The molecule has 1 saturated heterocycles. The van der Waals surface area contributed by atoms with Gasteiger partial charge in [0.15, 0.2) is 0 Å². The lowest BCUT2D eigenvalue weighted by Gasteiger charge is -2.23. The van der Waals surface area contributed by atoms with E-state index >= 15 is 0 Å². The standard InChI is InChI=1S/2C17H25NO3.C11H19NO3.C7H14O2.C6H11NO4.5CH4/c2*1-4-9-14(5-2)16(19)18-15(17(20)21-3)12-13-10-7-6-8-11-13;1-5-8-6-7-12(9(8)13)10(14)15-11(2,3)4;1-3-5-6(4-2)7(8)9;1-2-5(6(8)9)3-4-7(10)11;;;;;/h2*6-8,10-11,14-15H,4-5,9,12H2,1-3H3,(H,18,19);8H,5-7H2,1-4H3;6H,3-5H2,1-2H3,(H,8,9);5H,2-4H2,1H3,(H,8,9);5*1H4/t2*14-,15+;8-;6-;5-;;;;;/m11111...../s1. The fourth-order valence-electron chi connectivity index (χ4n) is 7.92. The van der Waals surface area contributed by atoms with E-state index in [-0.39, 0.29) is 91.5 Å². The number of nitrogens with one attached hydrogen (secondary N) is 2. The molecule has 0 bridgehead atoms. The lowest BCUT2D eigenvalue weighted by atomic mass is 9.98. The van der Waals surface area contributed by atoms with E-state index in [1.54, 1.807) is 27.7 Å². The number of hydrogen-bond acceptors (Lipinski definition) is 13. The average molecular weight is 1170 g/mol. The smallest absolute Gasteiger partial charge is 0.417 e. The number of carboxylic acids is 2. The summed E-state index contributed by atoms with van der Waals surface area (Å²) >= 11 is 0. The molecule has 2 aromatic carbocycles. The molecule has 1 heterocycles. The summed E-state index contributed by atoms with van der Waals surface area (Å²) in [5.41, 5.74) is 1.45. The summed E-state index contributed by atoms with van der Waals surface area (Å²) in [5, 5.41) is 32.5. The lowest BCUT2D eigenvalue weighted by Crippen LogP contribution is -2.45. The first-order valence-corrected chi connectivity index (χ1v) is 27.3. The van der Waals surface area contributed by atoms with Crippen LogP contribution in [0.2, 0.25) is 0 Å². The highest BCUT2D eigenvalue weighted by atomic mass is 16.6. The quantitative estimate of drug-likeness (QED) is 0.0295. The summed E-state index contributed by atoms with van der Waals surface area (Å²) in [4.78, 5) is 103. The van der Waals surface area contributed by atoms with Gasteiger partial charge >= 0.3 is 30.0 Å². The van der Waals surface area contributed by atoms with Crippen molar-refractivity contribution < 1.29 is 67.7 Å².